The summed E-state index contributed by atoms with van der Waals surface area (Å²) in [4.78, 5) is 30.7. The molecule has 1 aliphatic carbocycles. The summed E-state index contributed by atoms with van der Waals surface area (Å²) in [5.41, 5.74) is 0.543. The number of nitrogens with zero attached hydrogens (tertiary/aromatic N) is 2. The summed E-state index contributed by atoms with van der Waals surface area (Å²) in [6.45, 7) is 1.68. The summed E-state index contributed by atoms with van der Waals surface area (Å²) in [6, 6.07) is 9.05. The van der Waals surface area contributed by atoms with Gasteiger partial charge in [-0.15, -0.1) is 0 Å². The van der Waals surface area contributed by atoms with Crippen molar-refractivity contribution in [1.82, 2.24) is 20.2 Å². The summed E-state index contributed by atoms with van der Waals surface area (Å²) >= 11 is 0. The van der Waals surface area contributed by atoms with Crippen molar-refractivity contribution in [1.29, 1.82) is 0 Å². The van der Waals surface area contributed by atoms with Crippen LogP contribution in [0.15, 0.2) is 67.0 Å². The third kappa shape index (κ3) is 7.05. The maximum atomic E-state index is 14.5. The summed E-state index contributed by atoms with van der Waals surface area (Å²) in [5.74, 6) is -3.81. The molecule has 1 saturated carbocycles. The van der Waals surface area contributed by atoms with E-state index < -0.39 is 53.1 Å². The van der Waals surface area contributed by atoms with Crippen molar-refractivity contribution >= 4 is 11.8 Å². The van der Waals surface area contributed by atoms with Crippen molar-refractivity contribution in [3.63, 3.8) is 0 Å². The van der Waals surface area contributed by atoms with Crippen LogP contribution >= 0.6 is 0 Å². The van der Waals surface area contributed by atoms with Crippen LogP contribution in [-0.2, 0) is 17.4 Å². The number of aromatic nitrogens is 2. The molecule has 0 saturated heterocycles. The van der Waals surface area contributed by atoms with Gasteiger partial charge >= 0.3 is 6.18 Å². The van der Waals surface area contributed by atoms with Gasteiger partial charge in [-0.05, 0) is 79.1 Å². The maximum Gasteiger partial charge on any atom is 0.417 e. The van der Waals surface area contributed by atoms with Crippen LogP contribution < -0.4 is 10.6 Å². The number of amides is 2. The number of carbonyl (C=O) groups is 2. The Kier molecular flexibility index (Phi) is 9.03. The second-order valence-electron chi connectivity index (χ2n) is 11.0. The number of hydrogen-bond donors (Lipinski definition) is 2. The number of nitrogens with one attached hydrogen (secondary N) is 2. The Morgan fingerprint density at radius 3 is 2.36 bits per heavy atom. The van der Waals surface area contributed by atoms with Gasteiger partial charge in [0.1, 0.15) is 23.5 Å². The molecule has 2 aromatic carbocycles. The molecular weight excluding hydrogens is 598 g/mol. The molecular formula is C33H30F6N4O2. The molecule has 236 valence electrons. The van der Waals surface area contributed by atoms with E-state index in [9.17, 15) is 35.9 Å². The van der Waals surface area contributed by atoms with E-state index in [1.54, 1.807) is 19.1 Å². The molecule has 1 aliphatic rings. The second kappa shape index (κ2) is 12.8. The van der Waals surface area contributed by atoms with Crippen LogP contribution in [0, 0.1) is 17.5 Å². The van der Waals surface area contributed by atoms with E-state index in [0.717, 1.165) is 30.5 Å². The molecule has 2 heterocycles. The summed E-state index contributed by atoms with van der Waals surface area (Å²) in [7, 11) is 1.36. The lowest BCUT2D eigenvalue weighted by atomic mass is 9.94. The van der Waals surface area contributed by atoms with Gasteiger partial charge in [0, 0.05) is 36.8 Å². The van der Waals surface area contributed by atoms with Crippen LogP contribution in [0.4, 0.5) is 26.3 Å². The van der Waals surface area contributed by atoms with Crippen LogP contribution in [-0.4, -0.2) is 28.4 Å². The predicted octanol–water partition coefficient (Wildman–Crippen LogP) is 7.27. The highest BCUT2D eigenvalue weighted by molar-refractivity contribution is 5.95. The molecule has 6 nitrogen and oxygen atoms in total. The topological polar surface area (TPSA) is 76.0 Å². The van der Waals surface area contributed by atoms with E-state index in [-0.39, 0.29) is 35.6 Å². The molecule has 2 atom stereocenters. The highest BCUT2D eigenvalue weighted by atomic mass is 19.4. The zero-order valence-electron chi connectivity index (χ0n) is 24.4. The highest BCUT2D eigenvalue weighted by Gasteiger charge is 2.38. The third-order valence-electron chi connectivity index (χ3n) is 7.82. The zero-order chi connectivity index (χ0) is 32.5. The molecule has 4 aromatic rings. The number of hydrogen-bond acceptors (Lipinski definition) is 3. The SMILES string of the molecule is CCC(C(=O)N[C@@H](Cc1cc(F)cc(F)c1)c1ncccc1-c1ccc(F)c(C(=O)NC)c1)n1cc(C(F)(F)F)cc1C1CC1. The van der Waals surface area contributed by atoms with Gasteiger partial charge in [0.25, 0.3) is 5.91 Å². The Labute approximate surface area is 255 Å². The van der Waals surface area contributed by atoms with Gasteiger partial charge in [-0.3, -0.25) is 14.6 Å². The Bertz CT molecular complexity index is 1710. The number of rotatable bonds is 10. The second-order valence-corrected chi connectivity index (χ2v) is 11.0. The van der Waals surface area contributed by atoms with Crippen LogP contribution in [0.1, 0.15) is 77.1 Å². The number of carbonyl (C=O) groups excluding carboxylic acids is 2. The minimum atomic E-state index is -4.60. The predicted molar refractivity (Wildman–Crippen MR) is 155 cm³/mol. The molecule has 0 bridgehead atoms. The van der Waals surface area contributed by atoms with Crippen molar-refractivity contribution in [3.05, 3.63) is 113 Å². The van der Waals surface area contributed by atoms with E-state index in [4.69, 9.17) is 0 Å². The molecule has 0 radical (unpaired) electrons. The van der Waals surface area contributed by atoms with Crippen molar-refractivity contribution in [2.24, 2.45) is 0 Å². The van der Waals surface area contributed by atoms with Crippen molar-refractivity contribution < 1.29 is 35.9 Å². The largest absolute Gasteiger partial charge is 0.417 e. The molecule has 0 spiro atoms. The Morgan fingerprint density at radius 2 is 1.73 bits per heavy atom. The van der Waals surface area contributed by atoms with Gasteiger partial charge in [-0.2, -0.15) is 13.2 Å². The van der Waals surface area contributed by atoms with E-state index in [1.165, 1.54) is 29.9 Å². The normalized spacial score (nSPS) is 14.6. The lowest BCUT2D eigenvalue weighted by Crippen LogP contribution is -2.37. The van der Waals surface area contributed by atoms with Gasteiger partial charge < -0.3 is 15.2 Å². The molecule has 1 unspecified atom stereocenters. The molecule has 2 amide bonds. The first-order chi connectivity index (χ1) is 21.4. The molecule has 2 aromatic heterocycles. The fourth-order valence-electron chi connectivity index (χ4n) is 5.53. The number of benzene rings is 2. The van der Waals surface area contributed by atoms with E-state index in [2.05, 4.69) is 15.6 Å². The monoisotopic (exact) mass is 628 g/mol. The Morgan fingerprint density at radius 1 is 1.02 bits per heavy atom. The van der Waals surface area contributed by atoms with Crippen molar-refractivity contribution in [3.8, 4) is 11.1 Å². The van der Waals surface area contributed by atoms with Crippen LogP contribution in [0.5, 0.6) is 0 Å². The molecule has 5 rings (SSSR count). The number of pyridine rings is 1. The Balaban J connectivity index is 1.57. The summed E-state index contributed by atoms with van der Waals surface area (Å²) in [5, 5.41) is 5.25. The number of alkyl halides is 3. The smallest absolute Gasteiger partial charge is 0.355 e. The first kappa shape index (κ1) is 31.8. The maximum absolute atomic E-state index is 14.5. The third-order valence-corrected chi connectivity index (χ3v) is 7.82. The first-order valence-electron chi connectivity index (χ1n) is 14.4. The molecule has 45 heavy (non-hydrogen) atoms. The van der Waals surface area contributed by atoms with Gasteiger partial charge in [-0.1, -0.05) is 19.1 Å². The van der Waals surface area contributed by atoms with Gasteiger partial charge in [0.05, 0.1) is 22.9 Å². The van der Waals surface area contributed by atoms with Crippen molar-refractivity contribution in [2.75, 3.05) is 7.05 Å². The summed E-state index contributed by atoms with van der Waals surface area (Å²) < 4.78 is 85.3. The quantitative estimate of drug-likeness (QED) is 0.181. The fourth-order valence-corrected chi connectivity index (χ4v) is 5.53. The van der Waals surface area contributed by atoms with Gasteiger partial charge in [0.2, 0.25) is 5.91 Å². The van der Waals surface area contributed by atoms with E-state index >= 15 is 0 Å². The Hall–Kier alpha value is -4.61. The first-order valence-corrected chi connectivity index (χ1v) is 14.4. The van der Waals surface area contributed by atoms with Crippen LogP contribution in [0.2, 0.25) is 0 Å². The molecule has 2 N–H and O–H groups in total. The van der Waals surface area contributed by atoms with Gasteiger partial charge in [-0.25, -0.2) is 13.2 Å². The van der Waals surface area contributed by atoms with Crippen LogP contribution in [0.3, 0.4) is 0 Å². The minimum absolute atomic E-state index is 0.0931. The van der Waals surface area contributed by atoms with Crippen LogP contribution in [0.25, 0.3) is 11.1 Å². The molecule has 1 fully saturated rings. The average Bonchev–Trinajstić information content (AvgIpc) is 3.74. The summed E-state index contributed by atoms with van der Waals surface area (Å²) in [6.07, 6.45) is -0.777. The van der Waals surface area contributed by atoms with Gasteiger partial charge in [0.15, 0.2) is 0 Å². The van der Waals surface area contributed by atoms with E-state index in [1.807, 2.05) is 0 Å². The highest BCUT2D eigenvalue weighted by Crippen LogP contribution is 2.44. The molecule has 12 heteroatoms. The zero-order valence-corrected chi connectivity index (χ0v) is 24.4. The number of halogens is 6. The standard InChI is InChI=1S/C33H30F6N4O2/c1-3-28(43-17-21(33(37,38)39)15-29(43)19-6-7-19)32(45)42-27(13-18-11-22(34)16-23(35)12-18)30-24(5-4-10-41-30)20-8-9-26(36)25(14-20)31(44)40-2/h4-5,8-12,14-17,19,27-28H,3,6-7,13H2,1-2H3,(H,40,44)(H,42,45)/t27-,28?/m0/s1. The fraction of sp³-hybridized carbons (Fsp3) is 0.303. The lowest BCUT2D eigenvalue weighted by Gasteiger charge is -2.26. The van der Waals surface area contributed by atoms with Crippen molar-refractivity contribution in [2.45, 2.75) is 56.8 Å². The molecule has 0 aliphatic heterocycles. The van der Waals surface area contributed by atoms with E-state index in [0.29, 0.717) is 35.7 Å². The lowest BCUT2D eigenvalue weighted by molar-refractivity contribution is -0.137. The average molecular weight is 629 g/mol. The minimum Gasteiger partial charge on any atom is -0.355 e.